The van der Waals surface area contributed by atoms with Crippen LogP contribution in [0.25, 0.3) is 0 Å². The molecule has 2 heterocycles. The van der Waals surface area contributed by atoms with Gasteiger partial charge in [0.25, 0.3) is 0 Å². The summed E-state index contributed by atoms with van der Waals surface area (Å²) >= 11 is 0. The molecule has 122 valence electrons. The third kappa shape index (κ3) is 4.95. The highest BCUT2D eigenvalue weighted by atomic mass is 16.7. The summed E-state index contributed by atoms with van der Waals surface area (Å²) in [5, 5.41) is 18.8. The van der Waals surface area contributed by atoms with Crippen LogP contribution in [0.4, 0.5) is 0 Å². The molecular formula is C15H24BNO5. The Balaban J connectivity index is 1.88. The van der Waals surface area contributed by atoms with Gasteiger partial charge in [0.1, 0.15) is 6.61 Å². The van der Waals surface area contributed by atoms with Gasteiger partial charge in [-0.05, 0) is 31.2 Å². The van der Waals surface area contributed by atoms with Crippen molar-refractivity contribution in [3.05, 3.63) is 17.8 Å². The van der Waals surface area contributed by atoms with Gasteiger partial charge in [-0.25, -0.2) is 4.98 Å². The highest BCUT2D eigenvalue weighted by Crippen LogP contribution is 2.15. The van der Waals surface area contributed by atoms with Gasteiger partial charge in [0.15, 0.2) is 6.29 Å². The number of rotatable bonds is 7. The summed E-state index contributed by atoms with van der Waals surface area (Å²) in [5.74, 6) is 0.480. The molecule has 1 aromatic heterocycles. The lowest BCUT2D eigenvalue weighted by Crippen LogP contribution is -2.33. The van der Waals surface area contributed by atoms with E-state index < -0.39 is 7.12 Å². The molecule has 2 rings (SSSR count). The van der Waals surface area contributed by atoms with Crippen LogP contribution in [0.2, 0.25) is 0 Å². The van der Waals surface area contributed by atoms with Gasteiger partial charge in [-0.2, -0.15) is 0 Å². The first-order chi connectivity index (χ1) is 10.6. The predicted molar refractivity (Wildman–Crippen MR) is 83.2 cm³/mol. The largest absolute Gasteiger partial charge is 0.494 e. The summed E-state index contributed by atoms with van der Waals surface area (Å²) in [4.78, 5) is 4.35. The lowest BCUT2D eigenvalue weighted by Gasteiger charge is -2.22. The van der Waals surface area contributed by atoms with Gasteiger partial charge in [0.05, 0.1) is 6.61 Å². The van der Waals surface area contributed by atoms with E-state index in [0.29, 0.717) is 6.61 Å². The molecule has 0 bridgehead atoms. The van der Waals surface area contributed by atoms with Crippen LogP contribution in [-0.2, 0) is 9.47 Å². The van der Waals surface area contributed by atoms with Crippen LogP contribution in [0, 0.1) is 0 Å². The molecule has 1 atom stereocenters. The molecule has 0 spiro atoms. The standard InChI is InChI=1S/C15H24BNO5/c1-11(2)13-7-6-12(16(18)19)15(17-13)22-10-9-21-14-5-3-4-8-20-14/h6-7,11,14,18-19H,3-5,8-10H2,1-2H3. The number of nitrogens with zero attached hydrogens (tertiary/aromatic N) is 1. The Morgan fingerprint density at radius 1 is 1.32 bits per heavy atom. The third-order valence-electron chi connectivity index (χ3n) is 3.54. The monoisotopic (exact) mass is 309 g/mol. The fourth-order valence-electron chi connectivity index (χ4n) is 2.26. The van der Waals surface area contributed by atoms with Crippen LogP contribution in [0.3, 0.4) is 0 Å². The summed E-state index contributed by atoms with van der Waals surface area (Å²) in [7, 11) is -1.61. The molecule has 0 aromatic carbocycles. The van der Waals surface area contributed by atoms with Crippen molar-refractivity contribution in [3.8, 4) is 5.88 Å². The molecule has 1 fully saturated rings. The normalized spacial score (nSPS) is 18.5. The Bertz CT molecular complexity index is 463. The second-order valence-corrected chi connectivity index (χ2v) is 5.67. The molecule has 1 aromatic rings. The molecule has 2 N–H and O–H groups in total. The van der Waals surface area contributed by atoms with Crippen molar-refractivity contribution in [2.24, 2.45) is 0 Å². The van der Waals surface area contributed by atoms with Crippen molar-refractivity contribution in [1.82, 2.24) is 4.98 Å². The summed E-state index contributed by atoms with van der Waals surface area (Å²) in [6.45, 7) is 5.44. The zero-order valence-electron chi connectivity index (χ0n) is 13.2. The topological polar surface area (TPSA) is 81.0 Å². The maximum absolute atomic E-state index is 9.38. The first-order valence-corrected chi connectivity index (χ1v) is 7.81. The summed E-state index contributed by atoms with van der Waals surface area (Å²) in [6.07, 6.45) is 2.95. The van der Waals surface area contributed by atoms with Crippen molar-refractivity contribution in [1.29, 1.82) is 0 Å². The van der Waals surface area contributed by atoms with E-state index in [1.165, 1.54) is 0 Å². The van der Waals surface area contributed by atoms with Gasteiger partial charge < -0.3 is 24.3 Å². The molecule has 0 aliphatic carbocycles. The van der Waals surface area contributed by atoms with Gasteiger partial charge in [-0.1, -0.05) is 19.9 Å². The van der Waals surface area contributed by atoms with Crippen LogP contribution >= 0.6 is 0 Å². The first kappa shape index (κ1) is 17.2. The van der Waals surface area contributed by atoms with Crippen molar-refractivity contribution in [3.63, 3.8) is 0 Å². The molecule has 1 aliphatic rings. The van der Waals surface area contributed by atoms with E-state index in [0.717, 1.165) is 31.6 Å². The van der Waals surface area contributed by atoms with Gasteiger partial charge in [-0.3, -0.25) is 0 Å². The molecule has 6 nitrogen and oxygen atoms in total. The lowest BCUT2D eigenvalue weighted by atomic mass is 9.80. The minimum Gasteiger partial charge on any atom is -0.475 e. The van der Waals surface area contributed by atoms with Crippen molar-refractivity contribution < 1.29 is 24.3 Å². The second-order valence-electron chi connectivity index (χ2n) is 5.67. The molecule has 1 aliphatic heterocycles. The Kier molecular flexibility index (Phi) is 6.63. The van der Waals surface area contributed by atoms with Crippen molar-refractivity contribution >= 4 is 12.6 Å². The number of pyridine rings is 1. The van der Waals surface area contributed by atoms with Crippen LogP contribution in [0.1, 0.15) is 44.7 Å². The van der Waals surface area contributed by atoms with E-state index in [4.69, 9.17) is 14.2 Å². The van der Waals surface area contributed by atoms with E-state index >= 15 is 0 Å². The molecule has 0 radical (unpaired) electrons. The number of hydrogen-bond acceptors (Lipinski definition) is 6. The van der Waals surface area contributed by atoms with Crippen molar-refractivity contribution in [2.45, 2.75) is 45.3 Å². The van der Waals surface area contributed by atoms with Crippen LogP contribution in [0.15, 0.2) is 12.1 Å². The smallest absolute Gasteiger partial charge is 0.475 e. The van der Waals surface area contributed by atoms with Crippen LogP contribution < -0.4 is 10.2 Å². The Hall–Kier alpha value is -1.15. The maximum Gasteiger partial charge on any atom is 0.494 e. The predicted octanol–water partition coefficient (Wildman–Crippen LogP) is 0.807. The minimum atomic E-state index is -1.61. The third-order valence-corrected chi connectivity index (χ3v) is 3.54. The number of hydrogen-bond donors (Lipinski definition) is 2. The van der Waals surface area contributed by atoms with Gasteiger partial charge in [0, 0.05) is 17.8 Å². The van der Waals surface area contributed by atoms with E-state index in [2.05, 4.69) is 4.98 Å². The molecule has 22 heavy (non-hydrogen) atoms. The second kappa shape index (κ2) is 8.48. The zero-order valence-corrected chi connectivity index (χ0v) is 13.2. The highest BCUT2D eigenvalue weighted by molar-refractivity contribution is 6.59. The maximum atomic E-state index is 9.38. The van der Waals surface area contributed by atoms with E-state index in [1.54, 1.807) is 12.1 Å². The van der Waals surface area contributed by atoms with Gasteiger partial charge in [0.2, 0.25) is 5.88 Å². The highest BCUT2D eigenvalue weighted by Gasteiger charge is 2.20. The zero-order chi connectivity index (χ0) is 15.9. The molecule has 1 saturated heterocycles. The van der Waals surface area contributed by atoms with E-state index in [-0.39, 0.29) is 30.2 Å². The number of aromatic nitrogens is 1. The molecule has 7 heteroatoms. The van der Waals surface area contributed by atoms with Crippen LogP contribution in [0.5, 0.6) is 5.88 Å². The number of ether oxygens (including phenoxy) is 3. The van der Waals surface area contributed by atoms with E-state index in [9.17, 15) is 10.0 Å². The first-order valence-electron chi connectivity index (χ1n) is 7.81. The molecule has 0 amide bonds. The summed E-state index contributed by atoms with van der Waals surface area (Å²) < 4.78 is 16.6. The Labute approximate surface area is 131 Å². The fraction of sp³-hybridized carbons (Fsp3) is 0.667. The Morgan fingerprint density at radius 3 is 2.77 bits per heavy atom. The summed E-state index contributed by atoms with van der Waals surface area (Å²) in [6, 6.07) is 3.41. The van der Waals surface area contributed by atoms with Crippen molar-refractivity contribution in [2.75, 3.05) is 19.8 Å². The molecule has 1 unspecified atom stereocenters. The fourth-order valence-corrected chi connectivity index (χ4v) is 2.26. The molecule has 0 saturated carbocycles. The average molecular weight is 309 g/mol. The minimum absolute atomic E-state index is 0.157. The van der Waals surface area contributed by atoms with Gasteiger partial charge in [-0.15, -0.1) is 0 Å². The Morgan fingerprint density at radius 2 is 2.14 bits per heavy atom. The van der Waals surface area contributed by atoms with Gasteiger partial charge >= 0.3 is 7.12 Å². The summed E-state index contributed by atoms with van der Waals surface area (Å²) in [5.41, 5.74) is 1.11. The average Bonchev–Trinajstić information content (AvgIpc) is 2.52. The van der Waals surface area contributed by atoms with E-state index in [1.807, 2.05) is 13.8 Å². The molecular weight excluding hydrogens is 285 g/mol. The lowest BCUT2D eigenvalue weighted by molar-refractivity contribution is -0.165. The van der Waals surface area contributed by atoms with Crippen LogP contribution in [-0.4, -0.2) is 48.3 Å². The quantitative estimate of drug-likeness (QED) is 0.573. The SMILES string of the molecule is CC(C)c1ccc(B(O)O)c(OCCOC2CCCCO2)n1.